The number of ether oxygens (including phenoxy) is 1. The standard InChI is InChI=1S/C19H22N4O5/c1-3-22(13-19(25)21-15-7-5-9-17(11-15)28-2)12-18(24)20-14-6-4-8-16(10-14)23(26)27/h4-11H,3,12-13H2,1-2H3,(H,20,24)(H,21,25)/p+1. The summed E-state index contributed by atoms with van der Waals surface area (Å²) in [7, 11) is 1.55. The fourth-order valence-electron chi connectivity index (χ4n) is 2.58. The zero-order chi connectivity index (χ0) is 20.5. The third kappa shape index (κ3) is 6.36. The minimum atomic E-state index is -0.526. The highest BCUT2D eigenvalue weighted by Gasteiger charge is 2.17. The molecule has 2 rings (SSSR count). The van der Waals surface area contributed by atoms with Crippen molar-refractivity contribution in [2.75, 3.05) is 37.4 Å². The van der Waals surface area contributed by atoms with Crippen molar-refractivity contribution in [1.29, 1.82) is 0 Å². The molecule has 0 aliphatic carbocycles. The van der Waals surface area contributed by atoms with Crippen molar-refractivity contribution in [1.82, 2.24) is 0 Å². The van der Waals surface area contributed by atoms with Gasteiger partial charge in [-0.1, -0.05) is 12.1 Å². The van der Waals surface area contributed by atoms with Gasteiger partial charge in [0.1, 0.15) is 5.75 Å². The first kappa shape index (κ1) is 20.8. The van der Waals surface area contributed by atoms with Gasteiger partial charge in [-0.25, -0.2) is 0 Å². The molecule has 0 aliphatic rings. The Morgan fingerprint density at radius 1 is 1.04 bits per heavy atom. The van der Waals surface area contributed by atoms with Crippen LogP contribution in [0.15, 0.2) is 48.5 Å². The fraction of sp³-hybridized carbons (Fsp3) is 0.263. The van der Waals surface area contributed by atoms with Gasteiger partial charge in [-0.2, -0.15) is 0 Å². The molecule has 9 nitrogen and oxygen atoms in total. The summed E-state index contributed by atoms with van der Waals surface area (Å²) in [6.45, 7) is 2.60. The highest BCUT2D eigenvalue weighted by molar-refractivity contribution is 5.93. The molecule has 9 heteroatoms. The van der Waals surface area contributed by atoms with Crippen LogP contribution in [0, 0.1) is 10.1 Å². The number of methoxy groups -OCH3 is 1. The number of nitro benzene ring substituents is 1. The number of non-ortho nitro benzene ring substituents is 1. The van der Waals surface area contributed by atoms with Gasteiger partial charge >= 0.3 is 0 Å². The summed E-state index contributed by atoms with van der Waals surface area (Å²) < 4.78 is 5.12. The number of carbonyl (C=O) groups excluding carboxylic acids is 2. The minimum absolute atomic E-state index is 0.0602. The smallest absolute Gasteiger partial charge is 0.279 e. The van der Waals surface area contributed by atoms with Crippen LogP contribution in [0.2, 0.25) is 0 Å². The van der Waals surface area contributed by atoms with Crippen LogP contribution in [0.3, 0.4) is 0 Å². The van der Waals surface area contributed by atoms with Gasteiger partial charge in [-0.15, -0.1) is 0 Å². The summed E-state index contributed by atoms with van der Waals surface area (Å²) in [6.07, 6.45) is 0. The van der Waals surface area contributed by atoms with E-state index in [1.807, 2.05) is 6.92 Å². The summed E-state index contributed by atoms with van der Waals surface area (Å²) in [6, 6.07) is 12.7. The van der Waals surface area contributed by atoms with Gasteiger partial charge in [0.2, 0.25) is 0 Å². The number of quaternary nitrogens is 1. The van der Waals surface area contributed by atoms with E-state index < -0.39 is 4.92 Å². The average molecular weight is 387 g/mol. The van der Waals surface area contributed by atoms with Gasteiger partial charge in [0.05, 0.1) is 18.6 Å². The number of carbonyl (C=O) groups is 2. The number of anilines is 2. The predicted octanol–water partition coefficient (Wildman–Crippen LogP) is 1.09. The van der Waals surface area contributed by atoms with Gasteiger partial charge in [0, 0.05) is 29.6 Å². The largest absolute Gasteiger partial charge is 0.497 e. The lowest BCUT2D eigenvalue weighted by Crippen LogP contribution is -3.13. The van der Waals surface area contributed by atoms with E-state index in [9.17, 15) is 19.7 Å². The van der Waals surface area contributed by atoms with Crippen LogP contribution >= 0.6 is 0 Å². The highest BCUT2D eigenvalue weighted by Crippen LogP contribution is 2.17. The number of likely N-dealkylation sites (N-methyl/N-ethyl adjacent to an activating group) is 1. The molecule has 2 aromatic rings. The molecule has 0 radical (unpaired) electrons. The van der Waals surface area contributed by atoms with E-state index in [0.29, 0.717) is 23.7 Å². The number of rotatable bonds is 9. The summed E-state index contributed by atoms with van der Waals surface area (Å²) >= 11 is 0. The first-order chi connectivity index (χ1) is 13.4. The van der Waals surface area contributed by atoms with Gasteiger partial charge in [0.25, 0.3) is 17.5 Å². The second kappa shape index (κ2) is 10.0. The second-order valence-electron chi connectivity index (χ2n) is 6.09. The molecule has 0 heterocycles. The number of amides is 2. The zero-order valence-electron chi connectivity index (χ0n) is 15.7. The molecule has 0 saturated carbocycles. The average Bonchev–Trinajstić information content (AvgIpc) is 2.67. The maximum absolute atomic E-state index is 12.3. The molecule has 2 aromatic carbocycles. The first-order valence-electron chi connectivity index (χ1n) is 8.73. The topological polar surface area (TPSA) is 115 Å². The Labute approximate surface area is 162 Å². The second-order valence-corrected chi connectivity index (χ2v) is 6.09. The van der Waals surface area contributed by atoms with Gasteiger partial charge in [-0.3, -0.25) is 19.7 Å². The lowest BCUT2D eigenvalue weighted by Gasteiger charge is -2.17. The van der Waals surface area contributed by atoms with Gasteiger partial charge < -0.3 is 20.3 Å². The Bertz CT molecular complexity index is 856. The molecular weight excluding hydrogens is 364 g/mol. The third-order valence-corrected chi connectivity index (χ3v) is 4.02. The van der Waals surface area contributed by atoms with Crippen molar-refractivity contribution >= 4 is 28.9 Å². The molecule has 2 amide bonds. The molecule has 0 aliphatic heterocycles. The normalized spacial score (nSPS) is 11.4. The predicted molar refractivity (Wildman–Crippen MR) is 105 cm³/mol. The van der Waals surface area contributed by atoms with Crippen LogP contribution in [0.1, 0.15) is 6.92 Å². The van der Waals surface area contributed by atoms with E-state index in [2.05, 4.69) is 10.6 Å². The summed E-state index contributed by atoms with van der Waals surface area (Å²) in [5.74, 6) is 0.0774. The zero-order valence-corrected chi connectivity index (χ0v) is 15.7. The molecule has 0 bridgehead atoms. The Morgan fingerprint density at radius 3 is 2.14 bits per heavy atom. The lowest BCUT2D eigenvalue weighted by molar-refractivity contribution is -0.881. The van der Waals surface area contributed by atoms with Crippen molar-refractivity contribution in [3.05, 3.63) is 58.6 Å². The first-order valence-corrected chi connectivity index (χ1v) is 8.73. The van der Waals surface area contributed by atoms with Crippen LogP contribution < -0.4 is 20.3 Å². The summed E-state index contributed by atoms with van der Waals surface area (Å²) in [5.41, 5.74) is 0.853. The molecule has 1 atom stereocenters. The van der Waals surface area contributed by atoms with Crippen molar-refractivity contribution in [3.63, 3.8) is 0 Å². The van der Waals surface area contributed by atoms with Crippen LogP contribution in [0.5, 0.6) is 5.75 Å². The number of nitro groups is 1. The molecule has 0 saturated heterocycles. The van der Waals surface area contributed by atoms with Crippen molar-refractivity contribution in [3.8, 4) is 5.75 Å². The molecule has 148 valence electrons. The van der Waals surface area contributed by atoms with Gasteiger partial charge in [-0.05, 0) is 25.1 Å². The maximum Gasteiger partial charge on any atom is 0.279 e. The molecular formula is C19H23N4O5+. The monoisotopic (exact) mass is 387 g/mol. The van der Waals surface area contributed by atoms with E-state index in [0.717, 1.165) is 4.90 Å². The van der Waals surface area contributed by atoms with E-state index in [1.165, 1.54) is 18.2 Å². The van der Waals surface area contributed by atoms with Gasteiger partial charge in [0.15, 0.2) is 13.1 Å². The number of hydrogen-bond acceptors (Lipinski definition) is 5. The number of nitrogens with zero attached hydrogens (tertiary/aromatic N) is 1. The highest BCUT2D eigenvalue weighted by atomic mass is 16.6. The fourth-order valence-corrected chi connectivity index (χ4v) is 2.58. The van der Waals surface area contributed by atoms with E-state index in [1.54, 1.807) is 37.4 Å². The minimum Gasteiger partial charge on any atom is -0.497 e. The molecule has 0 fully saturated rings. The molecule has 1 unspecified atom stereocenters. The Balaban J connectivity index is 1.90. The molecule has 0 spiro atoms. The quantitative estimate of drug-likeness (QED) is 0.440. The Morgan fingerprint density at radius 2 is 1.61 bits per heavy atom. The van der Waals surface area contributed by atoms with E-state index >= 15 is 0 Å². The SMILES string of the molecule is CC[NH+](CC(=O)Nc1cccc(OC)c1)CC(=O)Nc1cccc([N+](=O)[O-])c1. The van der Waals surface area contributed by atoms with Crippen molar-refractivity contribution in [2.45, 2.75) is 6.92 Å². The van der Waals surface area contributed by atoms with Crippen LogP contribution in [0.4, 0.5) is 17.1 Å². The number of hydrogen-bond donors (Lipinski definition) is 3. The van der Waals surface area contributed by atoms with Crippen LogP contribution in [-0.2, 0) is 9.59 Å². The van der Waals surface area contributed by atoms with Crippen LogP contribution in [0.25, 0.3) is 0 Å². The van der Waals surface area contributed by atoms with E-state index in [4.69, 9.17) is 4.74 Å². The van der Waals surface area contributed by atoms with E-state index in [-0.39, 0.29) is 30.6 Å². The van der Waals surface area contributed by atoms with Crippen LogP contribution in [-0.4, -0.2) is 43.5 Å². The molecule has 3 N–H and O–H groups in total. The third-order valence-electron chi connectivity index (χ3n) is 4.02. The number of benzene rings is 2. The Kier molecular flexibility index (Phi) is 7.46. The molecule has 0 aromatic heterocycles. The maximum atomic E-state index is 12.3. The Hall–Kier alpha value is -3.46. The number of nitrogens with one attached hydrogen (secondary N) is 3. The summed E-state index contributed by atoms with van der Waals surface area (Å²) in [5, 5.41) is 16.2. The lowest BCUT2D eigenvalue weighted by atomic mass is 10.2. The van der Waals surface area contributed by atoms with Crippen molar-refractivity contribution < 1.29 is 24.1 Å². The van der Waals surface area contributed by atoms with Crippen molar-refractivity contribution in [2.24, 2.45) is 0 Å². The summed E-state index contributed by atoms with van der Waals surface area (Å²) in [4.78, 5) is 35.5. The molecule has 28 heavy (non-hydrogen) atoms.